The highest BCUT2D eigenvalue weighted by molar-refractivity contribution is 5.20. The lowest BCUT2D eigenvalue weighted by atomic mass is 9.82. The average Bonchev–Trinajstić information content (AvgIpc) is 2.01. The lowest BCUT2D eigenvalue weighted by molar-refractivity contribution is -0.432. The minimum absolute atomic E-state index is 0.219. The molecule has 4 heteroatoms. The first-order valence-electron chi connectivity index (χ1n) is 4.91. The fraction of sp³-hybridized carbons (Fsp3) is 0.800. The van der Waals surface area contributed by atoms with Crippen LogP contribution in [0.1, 0.15) is 40.0 Å². The second kappa shape index (κ2) is 3.69. The zero-order chi connectivity index (χ0) is 10.9. The van der Waals surface area contributed by atoms with E-state index in [0.29, 0.717) is 24.3 Å². The van der Waals surface area contributed by atoms with Crippen LogP contribution in [0.2, 0.25) is 0 Å². The normalized spacial score (nSPS) is 23.9. The number of nitrogens with zero attached hydrogens (tertiary/aromatic N) is 1. The molecule has 14 heavy (non-hydrogen) atoms. The highest BCUT2D eigenvalue weighted by atomic mass is 16.6. The minimum atomic E-state index is -1.05. The van der Waals surface area contributed by atoms with Crippen LogP contribution >= 0.6 is 0 Å². The van der Waals surface area contributed by atoms with Crippen LogP contribution in [-0.2, 0) is 0 Å². The first-order chi connectivity index (χ1) is 6.32. The summed E-state index contributed by atoms with van der Waals surface area (Å²) in [5, 5.41) is 20.6. The molecule has 0 fully saturated rings. The van der Waals surface area contributed by atoms with Gasteiger partial charge >= 0.3 is 0 Å². The van der Waals surface area contributed by atoms with E-state index in [9.17, 15) is 15.2 Å². The molecule has 80 valence electrons. The summed E-state index contributed by atoms with van der Waals surface area (Å²) in [5.74, 6) is 0.349. The van der Waals surface area contributed by atoms with Crippen molar-refractivity contribution >= 4 is 0 Å². The molecule has 0 amide bonds. The van der Waals surface area contributed by atoms with Gasteiger partial charge in [0, 0.05) is 12.0 Å². The molecule has 0 spiro atoms. The number of hydrogen-bond donors (Lipinski definition) is 1. The van der Waals surface area contributed by atoms with Crippen LogP contribution in [0.3, 0.4) is 0 Å². The molecule has 1 aliphatic carbocycles. The lowest BCUT2D eigenvalue weighted by Gasteiger charge is -2.27. The Balaban J connectivity index is 3.07. The molecular formula is C10H17NO3. The Labute approximate surface area is 83.8 Å². The molecule has 0 aromatic rings. The number of allylic oxidation sites excluding steroid dienone is 1. The second-order valence-electron chi connectivity index (χ2n) is 4.59. The molecule has 0 saturated carbocycles. The van der Waals surface area contributed by atoms with Crippen molar-refractivity contribution < 1.29 is 10.0 Å². The van der Waals surface area contributed by atoms with E-state index in [-0.39, 0.29) is 10.6 Å². The van der Waals surface area contributed by atoms with E-state index in [1.165, 1.54) is 0 Å². The van der Waals surface area contributed by atoms with E-state index in [2.05, 4.69) is 0 Å². The van der Waals surface area contributed by atoms with Gasteiger partial charge in [-0.15, -0.1) is 0 Å². The summed E-state index contributed by atoms with van der Waals surface area (Å²) in [4.78, 5) is 10.4. The van der Waals surface area contributed by atoms with Gasteiger partial charge < -0.3 is 5.11 Å². The molecule has 0 heterocycles. The summed E-state index contributed by atoms with van der Waals surface area (Å²) in [6.07, 6.45) is 2.05. The maximum absolute atomic E-state index is 10.8. The average molecular weight is 199 g/mol. The fourth-order valence-corrected chi connectivity index (χ4v) is 1.93. The van der Waals surface area contributed by atoms with E-state index in [1.807, 2.05) is 6.92 Å². The van der Waals surface area contributed by atoms with Crippen molar-refractivity contribution in [3.8, 4) is 0 Å². The van der Waals surface area contributed by atoms with Crippen molar-refractivity contribution in [3.05, 3.63) is 21.4 Å². The molecule has 1 rings (SSSR count). The van der Waals surface area contributed by atoms with Crippen molar-refractivity contribution in [3.63, 3.8) is 0 Å². The number of hydrogen-bond acceptors (Lipinski definition) is 3. The first kappa shape index (κ1) is 11.2. The molecule has 0 saturated heterocycles. The molecular weight excluding hydrogens is 182 g/mol. The van der Waals surface area contributed by atoms with E-state index in [4.69, 9.17) is 0 Å². The smallest absolute Gasteiger partial charge is 0.248 e. The van der Waals surface area contributed by atoms with Crippen molar-refractivity contribution in [2.45, 2.75) is 45.6 Å². The Morgan fingerprint density at radius 3 is 2.57 bits per heavy atom. The van der Waals surface area contributed by atoms with Gasteiger partial charge in [0.1, 0.15) is 0 Å². The largest absolute Gasteiger partial charge is 0.386 e. The SMILES string of the molecule is C[C@@H]1CCC(C(C)(C)O)=C([N+](=O)[O-])C1. The molecule has 1 aliphatic rings. The maximum Gasteiger partial charge on any atom is 0.248 e. The monoisotopic (exact) mass is 199 g/mol. The standard InChI is InChI=1S/C10H17NO3/c1-7-4-5-8(10(2,3)12)9(6-7)11(13)14/h7,12H,4-6H2,1-3H3/t7-/m1/s1. The van der Waals surface area contributed by atoms with Gasteiger partial charge in [-0.1, -0.05) is 6.92 Å². The Kier molecular flexibility index (Phi) is 2.95. The zero-order valence-corrected chi connectivity index (χ0v) is 8.91. The second-order valence-corrected chi connectivity index (χ2v) is 4.59. The third-order valence-electron chi connectivity index (χ3n) is 2.74. The third kappa shape index (κ3) is 2.32. The third-order valence-corrected chi connectivity index (χ3v) is 2.74. The maximum atomic E-state index is 10.8. The Bertz CT molecular complexity index is 276. The molecule has 0 aliphatic heterocycles. The molecule has 0 bridgehead atoms. The summed E-state index contributed by atoms with van der Waals surface area (Å²) in [6.45, 7) is 5.23. The van der Waals surface area contributed by atoms with Gasteiger partial charge in [-0.2, -0.15) is 0 Å². The summed E-state index contributed by atoms with van der Waals surface area (Å²) >= 11 is 0. The van der Waals surface area contributed by atoms with Gasteiger partial charge in [0.05, 0.1) is 10.5 Å². The predicted octanol–water partition coefficient (Wildman–Crippen LogP) is 2.11. The van der Waals surface area contributed by atoms with Gasteiger partial charge in [0.25, 0.3) is 0 Å². The molecule has 0 aromatic carbocycles. The molecule has 0 radical (unpaired) electrons. The zero-order valence-electron chi connectivity index (χ0n) is 8.91. The number of nitro groups is 1. The highest BCUT2D eigenvalue weighted by Crippen LogP contribution is 2.35. The molecule has 1 atom stereocenters. The highest BCUT2D eigenvalue weighted by Gasteiger charge is 2.34. The van der Waals surface area contributed by atoms with Crippen LogP contribution < -0.4 is 0 Å². The van der Waals surface area contributed by atoms with Crippen LogP contribution in [0.15, 0.2) is 11.3 Å². The van der Waals surface area contributed by atoms with Crippen molar-refractivity contribution in [1.29, 1.82) is 0 Å². The Hall–Kier alpha value is -0.900. The van der Waals surface area contributed by atoms with E-state index >= 15 is 0 Å². The lowest BCUT2D eigenvalue weighted by Crippen LogP contribution is -2.28. The van der Waals surface area contributed by atoms with Gasteiger partial charge in [-0.3, -0.25) is 10.1 Å². The van der Waals surface area contributed by atoms with Crippen LogP contribution in [-0.4, -0.2) is 15.6 Å². The van der Waals surface area contributed by atoms with Gasteiger partial charge in [0.15, 0.2) is 0 Å². The Morgan fingerprint density at radius 2 is 2.14 bits per heavy atom. The van der Waals surface area contributed by atoms with Gasteiger partial charge in [-0.05, 0) is 32.6 Å². The van der Waals surface area contributed by atoms with E-state index in [0.717, 1.165) is 6.42 Å². The van der Waals surface area contributed by atoms with Crippen molar-refractivity contribution in [2.24, 2.45) is 5.92 Å². The number of rotatable bonds is 2. The molecule has 0 aromatic heterocycles. The summed E-state index contributed by atoms with van der Waals surface area (Å²) in [7, 11) is 0. The number of aliphatic hydroxyl groups is 1. The molecule has 4 nitrogen and oxygen atoms in total. The van der Waals surface area contributed by atoms with Crippen LogP contribution in [0, 0.1) is 16.0 Å². The van der Waals surface area contributed by atoms with Gasteiger partial charge in [0.2, 0.25) is 5.70 Å². The van der Waals surface area contributed by atoms with Crippen LogP contribution in [0.25, 0.3) is 0 Å². The summed E-state index contributed by atoms with van der Waals surface area (Å²) in [5.41, 5.74) is -0.237. The quantitative estimate of drug-likeness (QED) is 0.547. The van der Waals surface area contributed by atoms with Crippen molar-refractivity contribution in [1.82, 2.24) is 0 Å². The topological polar surface area (TPSA) is 63.4 Å². The molecule has 0 unspecified atom stereocenters. The predicted molar refractivity (Wildman–Crippen MR) is 53.3 cm³/mol. The van der Waals surface area contributed by atoms with E-state index in [1.54, 1.807) is 13.8 Å². The van der Waals surface area contributed by atoms with Crippen LogP contribution in [0.5, 0.6) is 0 Å². The summed E-state index contributed by atoms with van der Waals surface area (Å²) in [6, 6.07) is 0. The minimum Gasteiger partial charge on any atom is -0.386 e. The summed E-state index contributed by atoms with van der Waals surface area (Å²) < 4.78 is 0. The van der Waals surface area contributed by atoms with Gasteiger partial charge in [-0.25, -0.2) is 0 Å². The molecule has 1 N–H and O–H groups in total. The first-order valence-corrected chi connectivity index (χ1v) is 4.91. The fourth-order valence-electron chi connectivity index (χ4n) is 1.93. The van der Waals surface area contributed by atoms with E-state index < -0.39 is 5.60 Å². The Morgan fingerprint density at radius 1 is 1.57 bits per heavy atom. The van der Waals surface area contributed by atoms with Crippen LogP contribution in [0.4, 0.5) is 0 Å². The van der Waals surface area contributed by atoms with Crippen molar-refractivity contribution in [2.75, 3.05) is 0 Å².